The minimum Gasteiger partial charge on any atom is -0.478 e. The molecule has 0 unspecified atom stereocenters. The summed E-state index contributed by atoms with van der Waals surface area (Å²) in [4.78, 5) is 10.9. The maximum absolute atomic E-state index is 10.9. The molecule has 18 heavy (non-hydrogen) atoms. The lowest BCUT2D eigenvalue weighted by Gasteiger charge is -2.05. The van der Waals surface area contributed by atoms with E-state index in [1.165, 1.54) is 6.07 Å². The van der Waals surface area contributed by atoms with Crippen LogP contribution >= 0.6 is 11.6 Å². The van der Waals surface area contributed by atoms with Gasteiger partial charge < -0.3 is 5.11 Å². The van der Waals surface area contributed by atoms with E-state index < -0.39 is 5.97 Å². The summed E-state index contributed by atoms with van der Waals surface area (Å²) in [6.07, 6.45) is 2.17. The van der Waals surface area contributed by atoms with Crippen LogP contribution in [0.25, 0.3) is 5.69 Å². The van der Waals surface area contributed by atoms with E-state index in [1.54, 1.807) is 16.8 Å². The van der Waals surface area contributed by atoms with Crippen LogP contribution in [0.5, 0.6) is 0 Å². The Morgan fingerprint density at radius 1 is 1.44 bits per heavy atom. The summed E-state index contributed by atoms with van der Waals surface area (Å²) in [5.41, 5.74) is 0.748. The molecular weight excluding hydrogens is 256 g/mol. The van der Waals surface area contributed by atoms with Gasteiger partial charge in [-0.3, -0.25) is 0 Å². The van der Waals surface area contributed by atoms with Crippen molar-refractivity contribution in [2.75, 3.05) is 0 Å². The molecule has 1 saturated carbocycles. The van der Waals surface area contributed by atoms with Crippen molar-refractivity contribution >= 4 is 17.6 Å². The molecule has 2 aromatic rings. The molecule has 0 aliphatic heterocycles. The van der Waals surface area contributed by atoms with Gasteiger partial charge in [0, 0.05) is 5.92 Å². The maximum atomic E-state index is 10.9. The largest absolute Gasteiger partial charge is 0.478 e. The molecule has 1 aromatic carbocycles. The number of hydrogen-bond acceptors (Lipinski definition) is 4. The van der Waals surface area contributed by atoms with Gasteiger partial charge in [0.1, 0.15) is 0 Å². The average molecular weight is 265 g/mol. The molecule has 0 amide bonds. The number of tetrazole rings is 1. The monoisotopic (exact) mass is 264 g/mol. The number of nitrogens with zero attached hydrogens (tertiary/aromatic N) is 4. The number of carboxylic acids is 1. The number of carbonyl (C=O) groups is 1. The second kappa shape index (κ2) is 4.06. The lowest BCUT2D eigenvalue weighted by molar-refractivity contribution is 0.0697. The Morgan fingerprint density at radius 3 is 2.83 bits per heavy atom. The molecule has 0 radical (unpaired) electrons. The first kappa shape index (κ1) is 11.2. The van der Waals surface area contributed by atoms with Crippen molar-refractivity contribution in [1.29, 1.82) is 0 Å². The number of rotatable bonds is 3. The van der Waals surface area contributed by atoms with E-state index >= 15 is 0 Å². The average Bonchev–Trinajstić information content (AvgIpc) is 3.06. The second-order valence-electron chi connectivity index (χ2n) is 4.19. The zero-order chi connectivity index (χ0) is 12.7. The van der Waals surface area contributed by atoms with Crippen molar-refractivity contribution in [1.82, 2.24) is 20.2 Å². The van der Waals surface area contributed by atoms with Gasteiger partial charge in [-0.05, 0) is 41.5 Å². The van der Waals surface area contributed by atoms with Crippen LogP contribution in [0.3, 0.4) is 0 Å². The van der Waals surface area contributed by atoms with Gasteiger partial charge in [0.2, 0.25) is 0 Å². The number of hydrogen-bond donors (Lipinski definition) is 1. The van der Waals surface area contributed by atoms with Crippen molar-refractivity contribution in [2.45, 2.75) is 18.8 Å². The maximum Gasteiger partial charge on any atom is 0.337 e. The van der Waals surface area contributed by atoms with Crippen LogP contribution in [-0.2, 0) is 0 Å². The van der Waals surface area contributed by atoms with E-state index in [0.29, 0.717) is 11.6 Å². The van der Waals surface area contributed by atoms with Crippen LogP contribution in [0, 0.1) is 0 Å². The van der Waals surface area contributed by atoms with Gasteiger partial charge in [-0.1, -0.05) is 11.6 Å². The van der Waals surface area contributed by atoms with Crippen LogP contribution in [0.15, 0.2) is 18.2 Å². The zero-order valence-electron chi connectivity index (χ0n) is 9.25. The van der Waals surface area contributed by atoms with Crippen LogP contribution in [0.4, 0.5) is 0 Å². The number of carboxylic acid groups (broad SMARTS) is 1. The van der Waals surface area contributed by atoms with E-state index in [2.05, 4.69) is 15.5 Å². The van der Waals surface area contributed by atoms with Crippen LogP contribution in [0.2, 0.25) is 5.02 Å². The number of benzene rings is 1. The molecule has 92 valence electrons. The third-order valence-electron chi connectivity index (χ3n) is 2.86. The number of aromatic carboxylic acids is 1. The van der Waals surface area contributed by atoms with E-state index in [0.717, 1.165) is 18.7 Å². The minimum atomic E-state index is -1.05. The summed E-state index contributed by atoms with van der Waals surface area (Å²) in [6.45, 7) is 0. The van der Waals surface area contributed by atoms with Crippen molar-refractivity contribution in [3.05, 3.63) is 34.6 Å². The molecule has 0 spiro atoms. The highest BCUT2D eigenvalue weighted by Gasteiger charge is 2.30. The fraction of sp³-hybridized carbons (Fsp3) is 0.273. The summed E-state index contributed by atoms with van der Waals surface area (Å²) < 4.78 is 1.61. The Balaban J connectivity index is 2.04. The van der Waals surface area contributed by atoms with E-state index in [9.17, 15) is 4.79 Å². The lowest BCUT2D eigenvalue weighted by Crippen LogP contribution is -2.04. The molecular formula is C11H9ClN4O2. The van der Waals surface area contributed by atoms with Crippen molar-refractivity contribution in [3.8, 4) is 5.69 Å². The summed E-state index contributed by atoms with van der Waals surface area (Å²) in [7, 11) is 0. The first-order chi connectivity index (χ1) is 8.66. The van der Waals surface area contributed by atoms with Crippen molar-refractivity contribution in [3.63, 3.8) is 0 Å². The number of halogens is 1. The SMILES string of the molecule is O=C(O)c1ccc(-n2nnnc2C2CC2)cc1Cl. The topological polar surface area (TPSA) is 80.9 Å². The van der Waals surface area contributed by atoms with Crippen molar-refractivity contribution < 1.29 is 9.90 Å². The van der Waals surface area contributed by atoms with Crippen LogP contribution in [-0.4, -0.2) is 31.3 Å². The first-order valence-corrected chi connectivity index (χ1v) is 5.86. The fourth-order valence-electron chi connectivity index (χ4n) is 1.78. The molecule has 1 aliphatic rings. The van der Waals surface area contributed by atoms with Gasteiger partial charge in [0.25, 0.3) is 0 Å². The van der Waals surface area contributed by atoms with Gasteiger partial charge in [-0.15, -0.1) is 5.10 Å². The highest BCUT2D eigenvalue weighted by molar-refractivity contribution is 6.33. The third-order valence-corrected chi connectivity index (χ3v) is 3.18. The summed E-state index contributed by atoms with van der Waals surface area (Å²) in [5.74, 6) is 0.151. The predicted molar refractivity (Wildman–Crippen MR) is 63.1 cm³/mol. The van der Waals surface area contributed by atoms with E-state index in [-0.39, 0.29) is 10.6 Å². The Kier molecular flexibility index (Phi) is 2.52. The molecule has 3 rings (SSSR count). The minimum absolute atomic E-state index is 0.0708. The molecule has 0 saturated heterocycles. The molecule has 1 aliphatic carbocycles. The zero-order valence-corrected chi connectivity index (χ0v) is 10.0. The Hall–Kier alpha value is -1.95. The Bertz CT molecular complexity index is 621. The lowest BCUT2D eigenvalue weighted by atomic mass is 10.2. The molecule has 1 aromatic heterocycles. The van der Waals surface area contributed by atoms with Crippen LogP contribution in [0.1, 0.15) is 34.9 Å². The van der Waals surface area contributed by atoms with Crippen molar-refractivity contribution in [2.24, 2.45) is 0 Å². The fourth-order valence-corrected chi connectivity index (χ4v) is 2.04. The molecule has 1 heterocycles. The molecule has 0 atom stereocenters. The summed E-state index contributed by atoms with van der Waals surface area (Å²) in [6, 6.07) is 4.67. The quantitative estimate of drug-likeness (QED) is 0.916. The highest BCUT2D eigenvalue weighted by atomic mass is 35.5. The molecule has 0 bridgehead atoms. The van der Waals surface area contributed by atoms with E-state index in [1.807, 2.05) is 0 Å². The molecule has 7 heteroatoms. The molecule has 1 fully saturated rings. The van der Waals surface area contributed by atoms with Gasteiger partial charge in [-0.2, -0.15) is 4.68 Å². The second-order valence-corrected chi connectivity index (χ2v) is 4.60. The predicted octanol–water partition coefficient (Wildman–Crippen LogP) is 1.89. The smallest absolute Gasteiger partial charge is 0.337 e. The summed E-state index contributed by atoms with van der Waals surface area (Å²) in [5, 5.41) is 20.6. The van der Waals surface area contributed by atoms with E-state index in [4.69, 9.17) is 16.7 Å². The number of aromatic nitrogens is 4. The molecule has 6 nitrogen and oxygen atoms in total. The van der Waals surface area contributed by atoms with Gasteiger partial charge in [-0.25, -0.2) is 4.79 Å². The van der Waals surface area contributed by atoms with Gasteiger partial charge in [0.15, 0.2) is 5.82 Å². The summed E-state index contributed by atoms with van der Waals surface area (Å²) >= 11 is 5.93. The standard InChI is InChI=1S/C11H9ClN4O2/c12-9-5-7(3-4-8(9)11(17)18)16-10(6-1-2-6)13-14-15-16/h3-6H,1-2H2,(H,17,18). The Labute approximate surface area is 107 Å². The van der Waals surface area contributed by atoms with Crippen LogP contribution < -0.4 is 0 Å². The first-order valence-electron chi connectivity index (χ1n) is 5.48. The van der Waals surface area contributed by atoms with Gasteiger partial charge in [0.05, 0.1) is 16.3 Å². The van der Waals surface area contributed by atoms with Gasteiger partial charge >= 0.3 is 5.97 Å². The third kappa shape index (κ3) is 1.84. The highest BCUT2D eigenvalue weighted by Crippen LogP contribution is 2.39. The Morgan fingerprint density at radius 2 is 2.22 bits per heavy atom. The normalized spacial score (nSPS) is 14.7. The molecule has 1 N–H and O–H groups in total.